The van der Waals surface area contributed by atoms with Crippen LogP contribution < -0.4 is 4.90 Å². The van der Waals surface area contributed by atoms with Crippen LogP contribution in [0.15, 0.2) is 83.8 Å². The topological polar surface area (TPSA) is 54.5 Å². The number of carbonyl (C=O) groups excluding carboxylic acids is 1. The van der Waals surface area contributed by atoms with Gasteiger partial charge in [0.2, 0.25) is 0 Å². The SMILES string of the molecule is CC.Cc1cc(C2=C(c3ccccc3)C(=O)N(c3ccccc3)C2)ccc1S(C)(=O)=O. The van der Waals surface area contributed by atoms with Crippen molar-refractivity contribution < 1.29 is 13.2 Å². The summed E-state index contributed by atoms with van der Waals surface area (Å²) in [6, 6.07) is 24.5. The van der Waals surface area contributed by atoms with Gasteiger partial charge in [-0.25, -0.2) is 8.42 Å². The smallest absolute Gasteiger partial charge is 0.259 e. The lowest BCUT2D eigenvalue weighted by molar-refractivity contribution is -0.112. The molecule has 0 spiro atoms. The molecule has 0 unspecified atom stereocenters. The lowest BCUT2D eigenvalue weighted by atomic mass is 9.96. The van der Waals surface area contributed by atoms with Gasteiger partial charge in [-0.15, -0.1) is 0 Å². The van der Waals surface area contributed by atoms with Gasteiger partial charge in [0.1, 0.15) is 0 Å². The van der Waals surface area contributed by atoms with Gasteiger partial charge >= 0.3 is 0 Å². The van der Waals surface area contributed by atoms with E-state index in [4.69, 9.17) is 0 Å². The molecule has 160 valence electrons. The maximum Gasteiger partial charge on any atom is 0.259 e. The van der Waals surface area contributed by atoms with Gasteiger partial charge < -0.3 is 4.90 Å². The molecule has 1 aliphatic heterocycles. The van der Waals surface area contributed by atoms with Gasteiger partial charge in [-0.05, 0) is 47.4 Å². The van der Waals surface area contributed by atoms with E-state index in [0.717, 1.165) is 22.4 Å². The number of amides is 1. The van der Waals surface area contributed by atoms with Crippen molar-refractivity contribution in [2.45, 2.75) is 25.7 Å². The van der Waals surface area contributed by atoms with E-state index >= 15 is 0 Å². The second kappa shape index (κ2) is 9.31. The Hall–Kier alpha value is -3.18. The van der Waals surface area contributed by atoms with Crippen LogP contribution >= 0.6 is 0 Å². The molecule has 0 atom stereocenters. The molecule has 0 saturated carbocycles. The first-order valence-corrected chi connectivity index (χ1v) is 12.2. The van der Waals surface area contributed by atoms with E-state index in [9.17, 15) is 13.2 Å². The number of para-hydroxylation sites is 1. The number of aryl methyl sites for hydroxylation is 1. The van der Waals surface area contributed by atoms with Crippen molar-refractivity contribution in [1.29, 1.82) is 0 Å². The van der Waals surface area contributed by atoms with Crippen LogP contribution in [0, 0.1) is 6.92 Å². The molecule has 1 aliphatic rings. The van der Waals surface area contributed by atoms with Crippen molar-refractivity contribution >= 4 is 32.6 Å². The highest BCUT2D eigenvalue weighted by Gasteiger charge is 2.33. The third kappa shape index (κ3) is 4.62. The minimum absolute atomic E-state index is 0.0535. The number of nitrogens with zero attached hydrogens (tertiary/aromatic N) is 1. The molecule has 31 heavy (non-hydrogen) atoms. The normalized spacial score (nSPS) is 13.8. The first-order chi connectivity index (χ1) is 14.9. The molecule has 0 N–H and O–H groups in total. The first kappa shape index (κ1) is 22.5. The van der Waals surface area contributed by atoms with Crippen LogP contribution in [0.4, 0.5) is 5.69 Å². The molecule has 3 aromatic rings. The third-order valence-corrected chi connectivity index (χ3v) is 6.39. The number of sulfone groups is 1. The lowest BCUT2D eigenvalue weighted by Gasteiger charge is -2.17. The highest BCUT2D eigenvalue weighted by Crippen LogP contribution is 2.37. The molecule has 4 nitrogen and oxygen atoms in total. The first-order valence-electron chi connectivity index (χ1n) is 10.3. The predicted molar refractivity (Wildman–Crippen MR) is 128 cm³/mol. The summed E-state index contributed by atoms with van der Waals surface area (Å²) in [6.07, 6.45) is 1.21. The Kier molecular flexibility index (Phi) is 6.76. The maximum atomic E-state index is 13.4. The van der Waals surface area contributed by atoms with Crippen LogP contribution in [0.2, 0.25) is 0 Å². The van der Waals surface area contributed by atoms with Crippen molar-refractivity contribution in [1.82, 2.24) is 0 Å². The van der Waals surface area contributed by atoms with Gasteiger partial charge in [0.05, 0.1) is 17.0 Å². The summed E-state index contributed by atoms with van der Waals surface area (Å²) in [5, 5.41) is 0. The molecule has 0 radical (unpaired) electrons. The minimum Gasteiger partial charge on any atom is -0.304 e. The Morgan fingerprint density at radius 1 is 0.806 bits per heavy atom. The van der Waals surface area contributed by atoms with E-state index in [1.165, 1.54) is 6.26 Å². The van der Waals surface area contributed by atoms with Crippen LogP contribution in [-0.2, 0) is 14.6 Å². The molecule has 5 heteroatoms. The van der Waals surface area contributed by atoms with Gasteiger partial charge in [0.25, 0.3) is 5.91 Å². The Morgan fingerprint density at radius 3 is 1.94 bits per heavy atom. The van der Waals surface area contributed by atoms with Crippen LogP contribution in [-0.4, -0.2) is 27.1 Å². The Bertz CT molecular complexity index is 1210. The number of rotatable bonds is 4. The molecule has 1 heterocycles. The fourth-order valence-electron chi connectivity index (χ4n) is 3.78. The summed E-state index contributed by atoms with van der Waals surface area (Å²) in [5.74, 6) is -0.0535. The molecule has 0 saturated heterocycles. The fourth-order valence-corrected chi connectivity index (χ4v) is 4.74. The van der Waals surface area contributed by atoms with Gasteiger partial charge in [0, 0.05) is 11.9 Å². The van der Waals surface area contributed by atoms with E-state index in [-0.39, 0.29) is 5.91 Å². The highest BCUT2D eigenvalue weighted by molar-refractivity contribution is 7.90. The van der Waals surface area contributed by atoms with Crippen LogP contribution in [0.25, 0.3) is 11.1 Å². The van der Waals surface area contributed by atoms with E-state index in [0.29, 0.717) is 22.6 Å². The molecule has 0 fully saturated rings. The van der Waals surface area contributed by atoms with Crippen molar-refractivity contribution in [3.63, 3.8) is 0 Å². The van der Waals surface area contributed by atoms with Gasteiger partial charge in [-0.2, -0.15) is 0 Å². The fraction of sp³-hybridized carbons (Fsp3) is 0.192. The molecule has 0 bridgehead atoms. The molecule has 0 aromatic heterocycles. The summed E-state index contributed by atoms with van der Waals surface area (Å²) < 4.78 is 24.0. The Morgan fingerprint density at radius 2 is 1.39 bits per heavy atom. The molecule has 4 rings (SSSR count). The minimum atomic E-state index is -3.30. The molecule has 3 aromatic carbocycles. The number of benzene rings is 3. The highest BCUT2D eigenvalue weighted by atomic mass is 32.2. The summed E-state index contributed by atoms with van der Waals surface area (Å²) >= 11 is 0. The Balaban J connectivity index is 0.00000132. The maximum absolute atomic E-state index is 13.4. The molecule has 0 aliphatic carbocycles. The third-order valence-electron chi connectivity index (χ3n) is 5.13. The monoisotopic (exact) mass is 433 g/mol. The van der Waals surface area contributed by atoms with E-state index in [2.05, 4.69) is 0 Å². The second-order valence-corrected chi connectivity index (χ2v) is 9.18. The standard InChI is InChI=1S/C24H21NO3S.C2H6/c1-17-15-19(13-14-22(17)29(2,27)28)21-16-25(20-11-7-4-8-12-20)24(26)23(21)18-9-5-3-6-10-18;1-2/h3-15H,16H2,1-2H3;1-2H3. The predicted octanol–water partition coefficient (Wildman–Crippen LogP) is 5.38. The average Bonchev–Trinajstić information content (AvgIpc) is 3.12. The van der Waals surface area contributed by atoms with E-state index in [1.54, 1.807) is 24.0 Å². The van der Waals surface area contributed by atoms with Crippen molar-refractivity contribution in [3.05, 3.63) is 95.6 Å². The van der Waals surface area contributed by atoms with Gasteiger partial charge in [0.15, 0.2) is 9.84 Å². The zero-order valence-corrected chi connectivity index (χ0v) is 19.1. The number of hydrogen-bond donors (Lipinski definition) is 0. The lowest BCUT2D eigenvalue weighted by Crippen LogP contribution is -2.26. The van der Waals surface area contributed by atoms with Crippen molar-refractivity contribution in [2.24, 2.45) is 0 Å². The van der Waals surface area contributed by atoms with Crippen LogP contribution in [0.5, 0.6) is 0 Å². The quantitative estimate of drug-likeness (QED) is 0.555. The average molecular weight is 434 g/mol. The largest absolute Gasteiger partial charge is 0.304 e. The summed E-state index contributed by atoms with van der Waals surface area (Å²) in [6.45, 7) is 6.22. The zero-order chi connectivity index (χ0) is 22.6. The van der Waals surface area contributed by atoms with Crippen LogP contribution in [0.1, 0.15) is 30.5 Å². The summed E-state index contributed by atoms with van der Waals surface area (Å²) in [7, 11) is -3.30. The number of carbonyl (C=O) groups is 1. The number of anilines is 1. The molecule has 1 amide bonds. The van der Waals surface area contributed by atoms with Crippen molar-refractivity contribution in [3.8, 4) is 0 Å². The molecular weight excluding hydrogens is 406 g/mol. The van der Waals surface area contributed by atoms with Gasteiger partial charge in [-0.1, -0.05) is 74.5 Å². The van der Waals surface area contributed by atoms with E-state index in [1.807, 2.05) is 80.6 Å². The Labute approximate surface area is 184 Å². The zero-order valence-electron chi connectivity index (χ0n) is 18.3. The van der Waals surface area contributed by atoms with Crippen LogP contribution in [0.3, 0.4) is 0 Å². The van der Waals surface area contributed by atoms with Crippen molar-refractivity contribution in [2.75, 3.05) is 17.7 Å². The number of hydrogen-bond acceptors (Lipinski definition) is 3. The molecular formula is C26H27NO3S. The second-order valence-electron chi connectivity index (χ2n) is 7.20. The van der Waals surface area contributed by atoms with E-state index < -0.39 is 9.84 Å². The van der Waals surface area contributed by atoms with Gasteiger partial charge in [-0.3, -0.25) is 4.79 Å². The summed E-state index contributed by atoms with van der Waals surface area (Å²) in [4.78, 5) is 15.4. The summed E-state index contributed by atoms with van der Waals surface area (Å²) in [5.41, 5.74) is 4.78.